The second-order valence-corrected chi connectivity index (χ2v) is 6.59. The standard InChI is InChI=1S/C12H7Cl2F3N2O2S/c13-8-2-1-6(3-10(8)22(18,20)21)11-9(14)4-7(5-19-11)12(15,16)17/h1-5H,(H2,18,20,21). The molecule has 2 aromatic rings. The van der Waals surface area contributed by atoms with Crippen LogP contribution in [0.1, 0.15) is 5.56 Å². The molecule has 10 heteroatoms. The molecule has 2 rings (SSSR count). The first-order valence-corrected chi connectivity index (χ1v) is 7.86. The molecule has 118 valence electrons. The maximum atomic E-state index is 12.6. The van der Waals surface area contributed by atoms with Gasteiger partial charge in [0.1, 0.15) is 4.90 Å². The summed E-state index contributed by atoms with van der Waals surface area (Å²) < 4.78 is 60.5. The number of aromatic nitrogens is 1. The van der Waals surface area contributed by atoms with E-state index in [2.05, 4.69) is 4.98 Å². The van der Waals surface area contributed by atoms with Crippen molar-refractivity contribution in [2.75, 3.05) is 0 Å². The summed E-state index contributed by atoms with van der Waals surface area (Å²) in [6, 6.07) is 4.42. The maximum Gasteiger partial charge on any atom is 0.417 e. The smallest absolute Gasteiger partial charge is 0.254 e. The van der Waals surface area contributed by atoms with Crippen molar-refractivity contribution in [2.45, 2.75) is 11.1 Å². The molecule has 1 aromatic heterocycles. The van der Waals surface area contributed by atoms with Gasteiger partial charge in [0.05, 0.1) is 21.3 Å². The first-order valence-electron chi connectivity index (χ1n) is 5.55. The van der Waals surface area contributed by atoms with E-state index in [0.29, 0.717) is 12.3 Å². The Morgan fingerprint density at radius 2 is 1.73 bits per heavy atom. The van der Waals surface area contributed by atoms with Gasteiger partial charge in [-0.2, -0.15) is 13.2 Å². The highest BCUT2D eigenvalue weighted by atomic mass is 35.5. The molecular formula is C12H7Cl2F3N2O2S. The van der Waals surface area contributed by atoms with E-state index in [9.17, 15) is 21.6 Å². The summed E-state index contributed by atoms with van der Waals surface area (Å²) in [4.78, 5) is 3.27. The summed E-state index contributed by atoms with van der Waals surface area (Å²) in [5, 5.41) is 4.61. The number of pyridine rings is 1. The van der Waals surface area contributed by atoms with Gasteiger partial charge >= 0.3 is 6.18 Å². The normalized spacial score (nSPS) is 12.5. The van der Waals surface area contributed by atoms with Crippen LogP contribution in [0.5, 0.6) is 0 Å². The van der Waals surface area contributed by atoms with E-state index < -0.39 is 21.8 Å². The van der Waals surface area contributed by atoms with Crippen LogP contribution in [0.4, 0.5) is 13.2 Å². The highest BCUT2D eigenvalue weighted by molar-refractivity contribution is 7.89. The number of hydrogen-bond acceptors (Lipinski definition) is 3. The lowest BCUT2D eigenvalue weighted by Gasteiger charge is -2.10. The Hall–Kier alpha value is -1.35. The lowest BCUT2D eigenvalue weighted by molar-refractivity contribution is -0.137. The Bertz CT molecular complexity index is 839. The second-order valence-electron chi connectivity index (χ2n) is 4.24. The molecule has 0 saturated carbocycles. The molecular weight excluding hydrogens is 364 g/mol. The van der Waals surface area contributed by atoms with Crippen LogP contribution in [-0.4, -0.2) is 13.4 Å². The van der Waals surface area contributed by atoms with Crippen molar-refractivity contribution in [2.24, 2.45) is 5.14 Å². The number of halogens is 5. The first kappa shape index (κ1) is 17.0. The van der Waals surface area contributed by atoms with Crippen LogP contribution < -0.4 is 5.14 Å². The van der Waals surface area contributed by atoms with Crippen molar-refractivity contribution >= 4 is 33.2 Å². The molecule has 0 atom stereocenters. The van der Waals surface area contributed by atoms with Gasteiger partial charge in [-0.3, -0.25) is 4.98 Å². The zero-order valence-electron chi connectivity index (χ0n) is 10.5. The van der Waals surface area contributed by atoms with Crippen molar-refractivity contribution in [3.63, 3.8) is 0 Å². The fourth-order valence-electron chi connectivity index (χ4n) is 1.67. The van der Waals surface area contributed by atoms with Gasteiger partial charge in [0, 0.05) is 11.8 Å². The minimum atomic E-state index is -4.58. The van der Waals surface area contributed by atoms with Crippen LogP contribution in [0.15, 0.2) is 35.4 Å². The maximum absolute atomic E-state index is 12.6. The van der Waals surface area contributed by atoms with Crippen LogP contribution in [0.25, 0.3) is 11.3 Å². The van der Waals surface area contributed by atoms with Gasteiger partial charge in [-0.25, -0.2) is 13.6 Å². The highest BCUT2D eigenvalue weighted by Crippen LogP contribution is 2.35. The summed E-state index contributed by atoms with van der Waals surface area (Å²) in [7, 11) is -4.09. The average Bonchev–Trinajstić information content (AvgIpc) is 2.37. The summed E-state index contributed by atoms with van der Waals surface area (Å²) in [5.74, 6) is 0. The molecule has 0 aliphatic rings. The number of alkyl halides is 3. The minimum absolute atomic E-state index is 0.0174. The number of benzene rings is 1. The summed E-state index contributed by atoms with van der Waals surface area (Å²) >= 11 is 11.5. The number of nitrogens with two attached hydrogens (primary N) is 1. The van der Waals surface area contributed by atoms with Crippen molar-refractivity contribution in [1.29, 1.82) is 0 Å². The number of hydrogen-bond donors (Lipinski definition) is 1. The molecule has 0 fully saturated rings. The van der Waals surface area contributed by atoms with E-state index in [-0.39, 0.29) is 26.2 Å². The van der Waals surface area contributed by atoms with Crippen LogP contribution in [-0.2, 0) is 16.2 Å². The summed E-state index contributed by atoms with van der Waals surface area (Å²) in [6.45, 7) is 0. The number of sulfonamides is 1. The predicted molar refractivity (Wildman–Crippen MR) is 76.1 cm³/mol. The van der Waals surface area contributed by atoms with Gasteiger partial charge in [0.25, 0.3) is 0 Å². The fraction of sp³-hybridized carbons (Fsp3) is 0.0833. The molecule has 2 N–H and O–H groups in total. The molecule has 0 spiro atoms. The third kappa shape index (κ3) is 3.52. The predicted octanol–water partition coefficient (Wildman–Crippen LogP) is 3.72. The van der Waals surface area contributed by atoms with Gasteiger partial charge in [0.2, 0.25) is 10.0 Å². The van der Waals surface area contributed by atoms with Gasteiger partial charge in [-0.15, -0.1) is 0 Å². The molecule has 0 aliphatic heterocycles. The van der Waals surface area contributed by atoms with E-state index in [1.807, 2.05) is 0 Å². The summed E-state index contributed by atoms with van der Waals surface area (Å²) in [5.41, 5.74) is -0.856. The van der Waals surface area contributed by atoms with Crippen molar-refractivity contribution in [1.82, 2.24) is 4.98 Å². The minimum Gasteiger partial charge on any atom is -0.254 e. The SMILES string of the molecule is NS(=O)(=O)c1cc(-c2ncc(C(F)(F)F)cc2Cl)ccc1Cl. The molecule has 4 nitrogen and oxygen atoms in total. The lowest BCUT2D eigenvalue weighted by atomic mass is 10.1. The number of primary sulfonamides is 1. The first-order chi connectivity index (χ1) is 10.00. The lowest BCUT2D eigenvalue weighted by Crippen LogP contribution is -2.12. The van der Waals surface area contributed by atoms with E-state index in [1.54, 1.807) is 0 Å². The average molecular weight is 371 g/mol. The Kier molecular flexibility index (Phi) is 4.40. The quantitative estimate of drug-likeness (QED) is 0.875. The number of rotatable bonds is 2. The van der Waals surface area contributed by atoms with Crippen molar-refractivity contribution < 1.29 is 21.6 Å². The zero-order chi connectivity index (χ0) is 16.7. The number of nitrogens with zero attached hydrogens (tertiary/aromatic N) is 1. The van der Waals surface area contributed by atoms with E-state index >= 15 is 0 Å². The molecule has 0 bridgehead atoms. The molecule has 0 aliphatic carbocycles. The highest BCUT2D eigenvalue weighted by Gasteiger charge is 2.31. The van der Waals surface area contributed by atoms with Crippen molar-refractivity contribution in [3.05, 3.63) is 46.1 Å². The molecule has 1 aromatic carbocycles. The Morgan fingerprint density at radius 3 is 2.23 bits per heavy atom. The Balaban J connectivity index is 2.59. The largest absolute Gasteiger partial charge is 0.417 e. The molecule has 0 saturated heterocycles. The second kappa shape index (κ2) is 5.69. The summed E-state index contributed by atoms with van der Waals surface area (Å²) in [6.07, 6.45) is -3.98. The molecule has 0 radical (unpaired) electrons. The van der Waals surface area contributed by atoms with Crippen LogP contribution >= 0.6 is 23.2 Å². The van der Waals surface area contributed by atoms with E-state index in [4.69, 9.17) is 28.3 Å². The zero-order valence-corrected chi connectivity index (χ0v) is 12.9. The van der Waals surface area contributed by atoms with Gasteiger partial charge in [-0.1, -0.05) is 29.3 Å². The molecule has 0 amide bonds. The molecule has 22 heavy (non-hydrogen) atoms. The van der Waals surface area contributed by atoms with Crippen LogP contribution in [0.2, 0.25) is 10.0 Å². The third-order valence-corrected chi connectivity index (χ3v) is 4.36. The fourth-order valence-corrected chi connectivity index (χ4v) is 3.02. The van der Waals surface area contributed by atoms with Crippen molar-refractivity contribution in [3.8, 4) is 11.3 Å². The molecule has 0 unspecified atom stereocenters. The molecule has 1 heterocycles. The van der Waals surface area contributed by atoms with Crippen LogP contribution in [0.3, 0.4) is 0 Å². The third-order valence-electron chi connectivity index (χ3n) is 2.68. The topological polar surface area (TPSA) is 73.1 Å². The van der Waals surface area contributed by atoms with Gasteiger partial charge < -0.3 is 0 Å². The van der Waals surface area contributed by atoms with E-state index in [1.165, 1.54) is 12.1 Å². The monoisotopic (exact) mass is 370 g/mol. The van der Waals surface area contributed by atoms with Gasteiger partial charge in [0.15, 0.2) is 0 Å². The van der Waals surface area contributed by atoms with Crippen LogP contribution in [0, 0.1) is 0 Å². The van der Waals surface area contributed by atoms with Gasteiger partial charge in [-0.05, 0) is 18.2 Å². The van der Waals surface area contributed by atoms with E-state index in [0.717, 1.165) is 6.07 Å². The Labute approximate surface area is 133 Å². The Morgan fingerprint density at radius 1 is 1.09 bits per heavy atom.